The minimum Gasteiger partial charge on any atom is -0.548 e. The Morgan fingerprint density at radius 1 is 1.37 bits per heavy atom. The topological polar surface area (TPSA) is 77.5 Å². The first-order valence-corrected chi connectivity index (χ1v) is 7.71. The molecule has 0 amide bonds. The van der Waals surface area contributed by atoms with Crippen LogP contribution < -0.4 is 5.11 Å². The summed E-state index contributed by atoms with van der Waals surface area (Å²) in [4.78, 5) is 10.8. The van der Waals surface area contributed by atoms with Crippen molar-refractivity contribution in [1.82, 2.24) is 4.31 Å². The van der Waals surface area contributed by atoms with E-state index in [9.17, 15) is 18.3 Å². The summed E-state index contributed by atoms with van der Waals surface area (Å²) in [7, 11) is -3.99. The number of carbonyl (C=O) groups is 1. The van der Waals surface area contributed by atoms with Crippen LogP contribution in [0.3, 0.4) is 0 Å². The number of rotatable bonds is 3. The molecule has 8 heteroatoms. The maximum absolute atomic E-state index is 12.4. The van der Waals surface area contributed by atoms with E-state index in [4.69, 9.17) is 23.2 Å². The van der Waals surface area contributed by atoms with Crippen molar-refractivity contribution < 1.29 is 18.3 Å². The second-order valence-electron chi connectivity index (χ2n) is 4.17. The fourth-order valence-electron chi connectivity index (χ4n) is 2.06. The normalized spacial score (nSPS) is 20.6. The highest BCUT2D eigenvalue weighted by molar-refractivity contribution is 7.89. The number of halogens is 2. The van der Waals surface area contributed by atoms with Crippen LogP contribution in [0.15, 0.2) is 23.1 Å². The van der Waals surface area contributed by atoms with Crippen molar-refractivity contribution in [2.45, 2.75) is 23.8 Å². The van der Waals surface area contributed by atoms with Gasteiger partial charge in [-0.2, -0.15) is 4.31 Å². The first-order chi connectivity index (χ1) is 8.84. The summed E-state index contributed by atoms with van der Waals surface area (Å²) in [5, 5.41) is 11.2. The van der Waals surface area contributed by atoms with Gasteiger partial charge in [-0.05, 0) is 31.0 Å². The van der Waals surface area contributed by atoms with Crippen molar-refractivity contribution in [2.24, 2.45) is 0 Å². The van der Waals surface area contributed by atoms with Crippen molar-refractivity contribution in [3.8, 4) is 0 Å². The number of carbonyl (C=O) groups excluding carboxylic acids is 1. The van der Waals surface area contributed by atoms with Crippen LogP contribution in [0.1, 0.15) is 12.8 Å². The van der Waals surface area contributed by atoms with Gasteiger partial charge in [-0.1, -0.05) is 23.2 Å². The molecule has 0 N–H and O–H groups in total. The number of nitrogens with zero attached hydrogens (tertiary/aromatic N) is 1. The van der Waals surface area contributed by atoms with Gasteiger partial charge in [0, 0.05) is 11.6 Å². The fourth-order valence-corrected chi connectivity index (χ4v) is 4.45. The van der Waals surface area contributed by atoms with E-state index in [0.717, 1.165) is 4.31 Å². The number of carboxylic acid groups (broad SMARTS) is 1. The number of benzene rings is 1. The second-order valence-corrected chi connectivity index (χ2v) is 6.87. The molecule has 104 valence electrons. The van der Waals surface area contributed by atoms with E-state index >= 15 is 0 Å². The average molecular weight is 323 g/mol. The predicted octanol–water partition coefficient (Wildman–Crippen LogP) is 0.896. The maximum Gasteiger partial charge on any atom is 0.245 e. The molecule has 0 aliphatic carbocycles. The lowest BCUT2D eigenvalue weighted by Crippen LogP contribution is -2.46. The van der Waals surface area contributed by atoms with Crippen molar-refractivity contribution in [3.05, 3.63) is 28.2 Å². The van der Waals surface area contributed by atoms with Crippen LogP contribution in [0.25, 0.3) is 0 Å². The van der Waals surface area contributed by atoms with Crippen molar-refractivity contribution in [1.29, 1.82) is 0 Å². The first-order valence-electron chi connectivity index (χ1n) is 5.52. The third-order valence-electron chi connectivity index (χ3n) is 2.96. The van der Waals surface area contributed by atoms with Gasteiger partial charge in [0.15, 0.2) is 0 Å². The van der Waals surface area contributed by atoms with Crippen molar-refractivity contribution in [3.63, 3.8) is 0 Å². The molecule has 1 aromatic rings. The summed E-state index contributed by atoms with van der Waals surface area (Å²) in [6.45, 7) is 0.129. The lowest BCUT2D eigenvalue weighted by molar-refractivity contribution is -0.309. The molecule has 0 saturated carbocycles. The number of hydrogen-bond acceptors (Lipinski definition) is 4. The third kappa shape index (κ3) is 2.72. The fraction of sp³-hybridized carbons (Fsp3) is 0.364. The molecule has 1 aliphatic heterocycles. The number of hydrogen-bond donors (Lipinski definition) is 0. The Hall–Kier alpha value is -0.820. The molecule has 1 aromatic carbocycles. The molecule has 19 heavy (non-hydrogen) atoms. The summed E-state index contributed by atoms with van der Waals surface area (Å²) in [5.74, 6) is -1.40. The minimum atomic E-state index is -3.99. The van der Waals surface area contributed by atoms with Crippen LogP contribution in [0.5, 0.6) is 0 Å². The van der Waals surface area contributed by atoms with Crippen LogP contribution in [-0.2, 0) is 14.8 Å². The molecule has 0 aromatic heterocycles. The van der Waals surface area contributed by atoms with Gasteiger partial charge >= 0.3 is 0 Å². The summed E-state index contributed by atoms with van der Waals surface area (Å²) in [6, 6.07) is 2.88. The monoisotopic (exact) mass is 322 g/mol. The zero-order valence-corrected chi connectivity index (χ0v) is 12.0. The zero-order chi connectivity index (χ0) is 14.2. The van der Waals surface area contributed by atoms with Gasteiger partial charge in [0.05, 0.1) is 17.0 Å². The van der Waals surface area contributed by atoms with E-state index in [-0.39, 0.29) is 27.9 Å². The molecule has 1 saturated heterocycles. The highest BCUT2D eigenvalue weighted by Crippen LogP contribution is 2.31. The van der Waals surface area contributed by atoms with Gasteiger partial charge in [0.1, 0.15) is 4.90 Å². The van der Waals surface area contributed by atoms with E-state index in [1.54, 1.807) is 0 Å². The Labute approximate surface area is 120 Å². The molecule has 1 fully saturated rings. The first kappa shape index (κ1) is 14.6. The van der Waals surface area contributed by atoms with Crippen LogP contribution in [-0.4, -0.2) is 31.3 Å². The molecule has 0 spiro atoms. The standard InChI is InChI=1S/C11H11Cl2NO4S/c12-7-3-4-8(13)10(6-7)19(17,18)14-5-1-2-9(14)11(15)16/h3-4,6,9H,1-2,5H2,(H,15,16)/p-1/t9-/m0/s1. The molecule has 1 atom stereocenters. The van der Waals surface area contributed by atoms with Crippen molar-refractivity contribution in [2.75, 3.05) is 6.54 Å². The maximum atomic E-state index is 12.4. The molecule has 1 heterocycles. The molecule has 1 aliphatic rings. The molecule has 0 bridgehead atoms. The largest absolute Gasteiger partial charge is 0.548 e. The molecular formula is C11H10Cl2NO4S-. The summed E-state index contributed by atoms with van der Waals surface area (Å²) >= 11 is 11.6. The summed E-state index contributed by atoms with van der Waals surface area (Å²) in [6.07, 6.45) is 0.704. The van der Waals surface area contributed by atoms with Gasteiger partial charge in [-0.3, -0.25) is 0 Å². The van der Waals surface area contributed by atoms with Crippen LogP contribution in [0.2, 0.25) is 10.0 Å². The third-order valence-corrected chi connectivity index (χ3v) is 5.58. The van der Waals surface area contributed by atoms with Crippen molar-refractivity contribution >= 4 is 39.2 Å². The van der Waals surface area contributed by atoms with E-state index in [1.807, 2.05) is 0 Å². The van der Waals surface area contributed by atoms with E-state index < -0.39 is 22.0 Å². The summed E-state index contributed by atoms with van der Waals surface area (Å²) < 4.78 is 25.7. The Kier molecular flexibility index (Phi) is 4.06. The second kappa shape index (κ2) is 5.28. The van der Waals surface area contributed by atoms with Crippen LogP contribution >= 0.6 is 23.2 Å². The molecule has 0 radical (unpaired) electrons. The average Bonchev–Trinajstić information content (AvgIpc) is 2.82. The van der Waals surface area contributed by atoms with E-state index in [0.29, 0.717) is 6.42 Å². The lowest BCUT2D eigenvalue weighted by atomic mass is 10.2. The number of aliphatic carboxylic acids is 1. The Morgan fingerprint density at radius 3 is 2.68 bits per heavy atom. The highest BCUT2D eigenvalue weighted by atomic mass is 35.5. The molecular weight excluding hydrogens is 313 g/mol. The van der Waals surface area contributed by atoms with E-state index in [2.05, 4.69) is 0 Å². The van der Waals surface area contributed by atoms with Gasteiger partial charge < -0.3 is 9.90 Å². The Bertz CT molecular complexity index is 617. The van der Waals surface area contributed by atoms with Crippen LogP contribution in [0.4, 0.5) is 0 Å². The summed E-state index contributed by atoms with van der Waals surface area (Å²) in [5.41, 5.74) is 0. The van der Waals surface area contributed by atoms with Crippen LogP contribution in [0, 0.1) is 0 Å². The molecule has 5 nitrogen and oxygen atoms in total. The Morgan fingerprint density at radius 2 is 2.05 bits per heavy atom. The lowest BCUT2D eigenvalue weighted by Gasteiger charge is -2.25. The smallest absolute Gasteiger partial charge is 0.245 e. The van der Waals surface area contributed by atoms with E-state index in [1.165, 1.54) is 18.2 Å². The SMILES string of the molecule is O=C([O-])[C@@H]1CCCN1S(=O)(=O)c1cc(Cl)ccc1Cl. The number of carboxylic acids is 1. The molecule has 2 rings (SSSR count). The zero-order valence-electron chi connectivity index (χ0n) is 9.68. The van der Waals surface area contributed by atoms with Gasteiger partial charge in [0.25, 0.3) is 0 Å². The minimum absolute atomic E-state index is 0.00778. The quantitative estimate of drug-likeness (QED) is 0.828. The Balaban J connectivity index is 2.48. The predicted molar refractivity (Wildman–Crippen MR) is 68.4 cm³/mol. The number of sulfonamides is 1. The molecule has 0 unspecified atom stereocenters. The van der Waals surface area contributed by atoms with Gasteiger partial charge in [-0.15, -0.1) is 0 Å². The highest BCUT2D eigenvalue weighted by Gasteiger charge is 2.37. The van der Waals surface area contributed by atoms with Gasteiger partial charge in [0.2, 0.25) is 10.0 Å². The van der Waals surface area contributed by atoms with Gasteiger partial charge in [-0.25, -0.2) is 8.42 Å².